The fourth-order valence-corrected chi connectivity index (χ4v) is 1.07. The van der Waals surface area contributed by atoms with Crippen LogP contribution >= 0.6 is 12.4 Å². The van der Waals surface area contributed by atoms with Gasteiger partial charge >= 0.3 is 6.18 Å². The summed E-state index contributed by atoms with van der Waals surface area (Å²) in [5.74, 6) is -0.542. The topological polar surface area (TPSA) is 55.1 Å². The molecule has 7 heteroatoms. The molecule has 0 unspecified atom stereocenters. The van der Waals surface area contributed by atoms with Gasteiger partial charge in [-0.25, -0.2) is 0 Å². The summed E-state index contributed by atoms with van der Waals surface area (Å²) >= 11 is 0. The van der Waals surface area contributed by atoms with Gasteiger partial charge in [0.25, 0.3) is 0 Å². The van der Waals surface area contributed by atoms with Crippen LogP contribution in [0.2, 0.25) is 0 Å². The molecule has 98 valence electrons. The molecular weight excluding hydrogens is 245 g/mol. The van der Waals surface area contributed by atoms with Gasteiger partial charge in [0.1, 0.15) is 6.54 Å². The third kappa shape index (κ3) is 13.5. The molecule has 0 aromatic rings. The molecule has 0 atom stereocenters. The van der Waals surface area contributed by atoms with E-state index in [1.165, 1.54) is 0 Å². The summed E-state index contributed by atoms with van der Waals surface area (Å²) in [7, 11) is 0. The second kappa shape index (κ2) is 9.72. The van der Waals surface area contributed by atoms with Gasteiger partial charge in [0.15, 0.2) is 0 Å². The Balaban J connectivity index is 0. The van der Waals surface area contributed by atoms with Gasteiger partial charge < -0.3 is 11.1 Å². The number of rotatable bonds is 7. The highest BCUT2D eigenvalue weighted by molar-refractivity contribution is 5.85. The minimum Gasteiger partial charge on any atom is -0.347 e. The van der Waals surface area contributed by atoms with Gasteiger partial charge in [0.05, 0.1) is 0 Å². The third-order valence-electron chi connectivity index (χ3n) is 1.84. The lowest BCUT2D eigenvalue weighted by Gasteiger charge is -2.07. The maximum atomic E-state index is 11.7. The van der Waals surface area contributed by atoms with Crippen LogP contribution in [0.4, 0.5) is 13.2 Å². The average Bonchev–Trinajstić information content (AvgIpc) is 2.13. The zero-order chi connectivity index (χ0) is 11.7. The van der Waals surface area contributed by atoms with Crippen molar-refractivity contribution >= 4 is 18.3 Å². The van der Waals surface area contributed by atoms with Crippen LogP contribution in [-0.4, -0.2) is 25.2 Å². The molecular formula is C9H18ClF3N2O. The Hall–Kier alpha value is -0.490. The van der Waals surface area contributed by atoms with Crippen molar-refractivity contribution in [1.29, 1.82) is 0 Å². The Morgan fingerprint density at radius 3 is 2.19 bits per heavy atom. The number of carbonyl (C=O) groups is 1. The number of nitrogens with one attached hydrogen (secondary N) is 1. The molecule has 0 spiro atoms. The maximum absolute atomic E-state index is 11.7. The minimum atomic E-state index is -4.32. The summed E-state index contributed by atoms with van der Waals surface area (Å²) in [6.07, 6.45) is -0.913. The number of nitrogens with two attached hydrogens (primary N) is 1. The fraction of sp³-hybridized carbons (Fsp3) is 0.889. The maximum Gasteiger partial charge on any atom is 0.405 e. The molecule has 0 rings (SSSR count). The van der Waals surface area contributed by atoms with E-state index in [0.29, 0.717) is 13.0 Å². The van der Waals surface area contributed by atoms with E-state index in [1.807, 2.05) is 5.32 Å². The predicted octanol–water partition coefficient (Wildman–Crippen LogP) is 2.00. The Morgan fingerprint density at radius 1 is 1.12 bits per heavy atom. The fourth-order valence-electron chi connectivity index (χ4n) is 1.07. The second-order valence-corrected chi connectivity index (χ2v) is 3.34. The smallest absolute Gasteiger partial charge is 0.347 e. The molecule has 0 saturated carbocycles. The molecule has 16 heavy (non-hydrogen) atoms. The van der Waals surface area contributed by atoms with Crippen LogP contribution in [0.1, 0.15) is 32.1 Å². The van der Waals surface area contributed by atoms with Crippen molar-refractivity contribution in [3.63, 3.8) is 0 Å². The van der Waals surface area contributed by atoms with Crippen molar-refractivity contribution in [2.45, 2.75) is 38.3 Å². The average molecular weight is 263 g/mol. The van der Waals surface area contributed by atoms with Crippen LogP contribution in [0.15, 0.2) is 0 Å². The first-order valence-corrected chi connectivity index (χ1v) is 4.99. The quantitative estimate of drug-likeness (QED) is 0.690. The SMILES string of the molecule is Cl.NCCCCCCC(=O)NCC(F)(F)F. The van der Waals surface area contributed by atoms with E-state index in [9.17, 15) is 18.0 Å². The van der Waals surface area contributed by atoms with Crippen molar-refractivity contribution in [3.8, 4) is 0 Å². The lowest BCUT2D eigenvalue weighted by molar-refractivity contribution is -0.138. The number of hydrogen-bond acceptors (Lipinski definition) is 2. The lowest BCUT2D eigenvalue weighted by atomic mass is 10.1. The number of hydrogen-bond donors (Lipinski definition) is 2. The molecule has 0 aliphatic rings. The highest BCUT2D eigenvalue weighted by Gasteiger charge is 2.27. The summed E-state index contributed by atoms with van der Waals surface area (Å²) in [5.41, 5.74) is 5.26. The molecule has 0 heterocycles. The van der Waals surface area contributed by atoms with Gasteiger partial charge in [-0.15, -0.1) is 12.4 Å². The molecule has 0 aromatic heterocycles. The van der Waals surface area contributed by atoms with Gasteiger partial charge in [-0.2, -0.15) is 13.2 Å². The van der Waals surface area contributed by atoms with Crippen molar-refractivity contribution in [1.82, 2.24) is 5.32 Å². The van der Waals surface area contributed by atoms with E-state index in [2.05, 4.69) is 0 Å². The van der Waals surface area contributed by atoms with Crippen LogP contribution in [0.3, 0.4) is 0 Å². The zero-order valence-electron chi connectivity index (χ0n) is 8.98. The van der Waals surface area contributed by atoms with Gasteiger partial charge in [0.2, 0.25) is 5.91 Å². The molecule has 0 fully saturated rings. The first-order valence-electron chi connectivity index (χ1n) is 4.99. The summed E-state index contributed by atoms with van der Waals surface area (Å²) in [5, 5.41) is 1.82. The summed E-state index contributed by atoms with van der Waals surface area (Å²) in [4.78, 5) is 10.9. The van der Waals surface area contributed by atoms with Crippen molar-refractivity contribution in [3.05, 3.63) is 0 Å². The van der Waals surface area contributed by atoms with Gasteiger partial charge in [-0.3, -0.25) is 4.79 Å². The zero-order valence-corrected chi connectivity index (χ0v) is 9.79. The Kier molecular flexibility index (Phi) is 10.9. The van der Waals surface area contributed by atoms with Crippen LogP contribution in [0, 0.1) is 0 Å². The molecule has 3 nitrogen and oxygen atoms in total. The molecule has 0 aliphatic carbocycles. The number of carbonyl (C=O) groups excluding carboxylic acids is 1. The Labute approximate surface area is 99.4 Å². The van der Waals surface area contributed by atoms with E-state index in [-0.39, 0.29) is 18.8 Å². The van der Waals surface area contributed by atoms with Crippen LogP contribution < -0.4 is 11.1 Å². The van der Waals surface area contributed by atoms with Crippen LogP contribution in [0.25, 0.3) is 0 Å². The van der Waals surface area contributed by atoms with Crippen LogP contribution in [-0.2, 0) is 4.79 Å². The minimum absolute atomic E-state index is 0. The van der Waals surface area contributed by atoms with E-state index in [4.69, 9.17) is 5.73 Å². The van der Waals surface area contributed by atoms with E-state index >= 15 is 0 Å². The number of alkyl halides is 3. The number of halogens is 4. The molecule has 0 aromatic carbocycles. The molecule has 0 aliphatic heterocycles. The molecule has 0 bridgehead atoms. The normalized spacial score (nSPS) is 10.8. The van der Waals surface area contributed by atoms with Gasteiger partial charge in [0, 0.05) is 6.42 Å². The Bertz CT molecular complexity index is 188. The number of amides is 1. The highest BCUT2D eigenvalue weighted by Crippen LogP contribution is 2.12. The Morgan fingerprint density at radius 2 is 1.69 bits per heavy atom. The van der Waals surface area contributed by atoms with Crippen molar-refractivity contribution in [2.75, 3.05) is 13.1 Å². The highest BCUT2D eigenvalue weighted by atomic mass is 35.5. The van der Waals surface area contributed by atoms with Crippen molar-refractivity contribution in [2.24, 2.45) is 5.73 Å². The predicted molar refractivity (Wildman–Crippen MR) is 58.5 cm³/mol. The standard InChI is InChI=1S/C9H17F3N2O.ClH/c10-9(11,12)7-14-8(15)5-3-1-2-4-6-13;/h1-7,13H2,(H,14,15);1H. The summed E-state index contributed by atoms with van der Waals surface area (Å²) in [6, 6.07) is 0. The molecule has 0 saturated heterocycles. The largest absolute Gasteiger partial charge is 0.405 e. The van der Waals surface area contributed by atoms with Gasteiger partial charge in [-0.1, -0.05) is 12.8 Å². The van der Waals surface area contributed by atoms with E-state index in [1.54, 1.807) is 0 Å². The van der Waals surface area contributed by atoms with Crippen LogP contribution in [0.5, 0.6) is 0 Å². The first kappa shape index (κ1) is 17.9. The third-order valence-corrected chi connectivity index (χ3v) is 1.84. The number of unbranched alkanes of at least 4 members (excludes halogenated alkanes) is 3. The monoisotopic (exact) mass is 262 g/mol. The second-order valence-electron chi connectivity index (χ2n) is 3.34. The lowest BCUT2D eigenvalue weighted by Crippen LogP contribution is -2.33. The molecule has 0 radical (unpaired) electrons. The van der Waals surface area contributed by atoms with E-state index in [0.717, 1.165) is 19.3 Å². The first-order chi connectivity index (χ1) is 6.95. The molecule has 3 N–H and O–H groups in total. The van der Waals surface area contributed by atoms with Gasteiger partial charge in [-0.05, 0) is 19.4 Å². The summed E-state index contributed by atoms with van der Waals surface area (Å²) in [6.45, 7) is -0.630. The van der Waals surface area contributed by atoms with Crippen molar-refractivity contribution < 1.29 is 18.0 Å². The summed E-state index contributed by atoms with van der Waals surface area (Å²) < 4.78 is 35.0. The van der Waals surface area contributed by atoms with E-state index < -0.39 is 18.6 Å². The molecule has 1 amide bonds.